The minimum absolute atomic E-state index is 0.319. The van der Waals surface area contributed by atoms with Gasteiger partial charge >= 0.3 is 0 Å². The van der Waals surface area contributed by atoms with Crippen LogP contribution in [0.5, 0.6) is 0 Å². The van der Waals surface area contributed by atoms with Crippen molar-refractivity contribution in [2.24, 2.45) is 5.92 Å². The third-order valence-corrected chi connectivity index (χ3v) is 0.417. The Bertz CT molecular complexity index is 128. The minimum Gasteiger partial charge on any atom is -0.183 e. The number of hydrogen-bond acceptors (Lipinski definition) is 1. The Balaban J connectivity index is 3.50. The highest BCUT2D eigenvalue weighted by Gasteiger charge is 1.77. The van der Waals surface area contributed by atoms with E-state index in [2.05, 4.69) is 11.8 Å². The van der Waals surface area contributed by atoms with Gasteiger partial charge < -0.3 is 0 Å². The van der Waals surface area contributed by atoms with E-state index < -0.39 is 0 Å². The molecule has 0 aromatic rings. The van der Waals surface area contributed by atoms with Gasteiger partial charge in [-0.1, -0.05) is 19.8 Å². The molecule has 0 aliphatic rings. The van der Waals surface area contributed by atoms with Crippen LogP contribution in [0.2, 0.25) is 0 Å². The molecule has 0 aliphatic heterocycles. The summed E-state index contributed by atoms with van der Waals surface area (Å²) >= 11 is 0. The molecule has 0 spiro atoms. The van der Waals surface area contributed by atoms with Gasteiger partial charge in [0.15, 0.2) is 6.07 Å². The van der Waals surface area contributed by atoms with Crippen molar-refractivity contribution in [3.63, 3.8) is 0 Å². The summed E-state index contributed by atoms with van der Waals surface area (Å²) in [5.41, 5.74) is 0. The summed E-state index contributed by atoms with van der Waals surface area (Å²) in [6, 6.07) is 1.74. The third kappa shape index (κ3) is 5.05. The molecule has 0 radical (unpaired) electrons. The summed E-state index contributed by atoms with van der Waals surface area (Å²) in [6.07, 6.45) is 0. The predicted octanol–water partition coefficient (Wildman–Crippen LogP) is 1.17. The summed E-state index contributed by atoms with van der Waals surface area (Å²) in [4.78, 5) is 0. The molecular formula is C6H7N. The lowest BCUT2D eigenvalue weighted by Gasteiger charge is -1.81. The first kappa shape index (κ1) is 6.05. The normalized spacial score (nSPS) is 6.57. The van der Waals surface area contributed by atoms with Crippen molar-refractivity contribution in [2.45, 2.75) is 13.8 Å². The number of nitrogens with zero attached hydrogens (tertiary/aromatic N) is 1. The standard InChI is InChI=1S/C6H7N/c1-6(2)4-3-5-7/h6H,1-2H3. The van der Waals surface area contributed by atoms with Gasteiger partial charge in [-0.15, -0.1) is 0 Å². The quantitative estimate of drug-likeness (QED) is 0.412. The Kier molecular flexibility index (Phi) is 2.81. The monoisotopic (exact) mass is 93.1 g/mol. The number of rotatable bonds is 0. The van der Waals surface area contributed by atoms with E-state index in [9.17, 15) is 0 Å². The molecule has 0 N–H and O–H groups in total. The number of hydrogen-bond donors (Lipinski definition) is 0. The summed E-state index contributed by atoms with van der Waals surface area (Å²) in [5, 5.41) is 7.89. The molecule has 0 atom stereocenters. The first-order valence-electron chi connectivity index (χ1n) is 2.17. The maximum atomic E-state index is 7.89. The van der Waals surface area contributed by atoms with E-state index in [1.165, 1.54) is 0 Å². The van der Waals surface area contributed by atoms with Gasteiger partial charge in [-0.25, -0.2) is 0 Å². The molecule has 0 unspecified atom stereocenters. The minimum atomic E-state index is 0.319. The second-order valence-electron chi connectivity index (χ2n) is 1.54. The maximum Gasteiger partial charge on any atom is 0.152 e. The van der Waals surface area contributed by atoms with Crippen LogP contribution in [-0.4, -0.2) is 0 Å². The largest absolute Gasteiger partial charge is 0.183 e. The van der Waals surface area contributed by atoms with Crippen LogP contribution >= 0.6 is 0 Å². The van der Waals surface area contributed by atoms with E-state index in [1.54, 1.807) is 6.07 Å². The van der Waals surface area contributed by atoms with Crippen LogP contribution in [0.25, 0.3) is 0 Å². The smallest absolute Gasteiger partial charge is 0.152 e. The Morgan fingerprint density at radius 1 is 1.43 bits per heavy atom. The second-order valence-corrected chi connectivity index (χ2v) is 1.54. The summed E-state index contributed by atoms with van der Waals surface area (Å²) in [7, 11) is 0. The Morgan fingerprint density at radius 2 is 2.00 bits per heavy atom. The molecule has 0 rings (SSSR count). The highest BCUT2D eigenvalue weighted by atomic mass is 14.2. The van der Waals surface area contributed by atoms with Crippen LogP contribution in [-0.2, 0) is 0 Å². The lowest BCUT2D eigenvalue weighted by Crippen LogP contribution is -1.75. The van der Waals surface area contributed by atoms with Gasteiger partial charge in [0.25, 0.3) is 0 Å². The van der Waals surface area contributed by atoms with Gasteiger partial charge in [-0.2, -0.15) is 5.26 Å². The Labute approximate surface area is 44.0 Å². The van der Waals surface area contributed by atoms with Gasteiger partial charge in [-0.3, -0.25) is 0 Å². The fraction of sp³-hybridized carbons (Fsp3) is 0.500. The van der Waals surface area contributed by atoms with Crippen LogP contribution in [0.1, 0.15) is 13.8 Å². The van der Waals surface area contributed by atoms with Crippen LogP contribution < -0.4 is 0 Å². The van der Waals surface area contributed by atoms with Gasteiger partial charge in [-0.05, 0) is 0 Å². The first-order valence-corrected chi connectivity index (χ1v) is 2.17. The van der Waals surface area contributed by atoms with Crippen molar-refractivity contribution in [3.05, 3.63) is 0 Å². The molecular weight excluding hydrogens is 86.1 g/mol. The van der Waals surface area contributed by atoms with Crippen molar-refractivity contribution >= 4 is 0 Å². The predicted molar refractivity (Wildman–Crippen MR) is 28.2 cm³/mol. The fourth-order valence-corrected chi connectivity index (χ4v) is 0.177. The van der Waals surface area contributed by atoms with Crippen LogP contribution in [0.15, 0.2) is 0 Å². The zero-order valence-electron chi connectivity index (χ0n) is 4.52. The molecule has 0 saturated carbocycles. The topological polar surface area (TPSA) is 23.8 Å². The molecule has 0 aromatic heterocycles. The van der Waals surface area contributed by atoms with Crippen molar-refractivity contribution in [3.8, 4) is 17.9 Å². The van der Waals surface area contributed by atoms with E-state index in [0.29, 0.717) is 5.92 Å². The van der Waals surface area contributed by atoms with Crippen molar-refractivity contribution in [1.82, 2.24) is 0 Å². The molecule has 36 valence electrons. The maximum absolute atomic E-state index is 7.89. The molecule has 0 heterocycles. The van der Waals surface area contributed by atoms with Crippen LogP contribution in [0.3, 0.4) is 0 Å². The molecule has 0 aliphatic carbocycles. The zero-order chi connectivity index (χ0) is 5.70. The van der Waals surface area contributed by atoms with E-state index in [0.717, 1.165) is 0 Å². The van der Waals surface area contributed by atoms with Crippen molar-refractivity contribution in [2.75, 3.05) is 0 Å². The molecule has 0 saturated heterocycles. The lowest BCUT2D eigenvalue weighted by atomic mass is 10.2. The number of nitriles is 1. The van der Waals surface area contributed by atoms with E-state index in [-0.39, 0.29) is 0 Å². The highest BCUT2D eigenvalue weighted by molar-refractivity contribution is 5.17. The third-order valence-electron chi connectivity index (χ3n) is 0.417. The molecule has 0 amide bonds. The first-order chi connectivity index (χ1) is 3.27. The van der Waals surface area contributed by atoms with Crippen LogP contribution in [0, 0.1) is 29.1 Å². The fourth-order valence-electron chi connectivity index (χ4n) is 0.177. The van der Waals surface area contributed by atoms with Gasteiger partial charge in [0.1, 0.15) is 0 Å². The van der Waals surface area contributed by atoms with E-state index in [1.807, 2.05) is 13.8 Å². The zero-order valence-corrected chi connectivity index (χ0v) is 4.52. The van der Waals surface area contributed by atoms with Gasteiger partial charge in [0.2, 0.25) is 0 Å². The molecule has 1 nitrogen and oxygen atoms in total. The Hall–Kier alpha value is -0.950. The van der Waals surface area contributed by atoms with Crippen LogP contribution in [0.4, 0.5) is 0 Å². The summed E-state index contributed by atoms with van der Waals surface area (Å²) in [5.74, 6) is 5.31. The molecule has 0 aromatic carbocycles. The second kappa shape index (κ2) is 3.25. The average molecular weight is 93.1 g/mol. The molecule has 1 heteroatoms. The summed E-state index contributed by atoms with van der Waals surface area (Å²) in [6.45, 7) is 3.90. The molecule has 7 heavy (non-hydrogen) atoms. The average Bonchev–Trinajstić information content (AvgIpc) is 1.61. The van der Waals surface area contributed by atoms with Gasteiger partial charge in [0, 0.05) is 11.8 Å². The van der Waals surface area contributed by atoms with Crippen molar-refractivity contribution < 1.29 is 0 Å². The lowest BCUT2D eigenvalue weighted by molar-refractivity contribution is 0.867. The highest BCUT2D eigenvalue weighted by Crippen LogP contribution is 1.83. The Morgan fingerprint density at radius 3 is 2.14 bits per heavy atom. The molecule has 0 bridgehead atoms. The van der Waals surface area contributed by atoms with Crippen molar-refractivity contribution in [1.29, 1.82) is 5.26 Å². The van der Waals surface area contributed by atoms with Gasteiger partial charge in [0.05, 0.1) is 0 Å². The molecule has 0 fully saturated rings. The van der Waals surface area contributed by atoms with E-state index >= 15 is 0 Å². The summed E-state index contributed by atoms with van der Waals surface area (Å²) < 4.78 is 0. The van der Waals surface area contributed by atoms with E-state index in [4.69, 9.17) is 5.26 Å². The SMILES string of the molecule is CC(C)C#CC#N.